The van der Waals surface area contributed by atoms with Crippen molar-refractivity contribution in [3.8, 4) is 0 Å². The number of hydrogen-bond donors (Lipinski definition) is 1. The average molecular weight is 400 g/mol. The Labute approximate surface area is 168 Å². The van der Waals surface area contributed by atoms with Crippen LogP contribution in [0.4, 0.5) is 27.8 Å². The number of aromatic nitrogens is 2. The molecule has 10 heteroatoms. The Hall–Kier alpha value is -3.43. The van der Waals surface area contributed by atoms with Crippen LogP contribution in [0.25, 0.3) is 0 Å². The number of nitrogens with zero attached hydrogens (tertiary/aromatic N) is 5. The number of amides is 1. The molecule has 1 fully saturated rings. The molecule has 0 saturated carbocycles. The topological polar surface area (TPSA) is 114 Å². The quantitative estimate of drug-likeness (QED) is 0.602. The molecule has 1 N–H and O–H groups in total. The van der Waals surface area contributed by atoms with Crippen LogP contribution in [0.3, 0.4) is 0 Å². The van der Waals surface area contributed by atoms with Crippen LogP contribution in [-0.2, 0) is 4.74 Å². The molecule has 0 bridgehead atoms. The van der Waals surface area contributed by atoms with Gasteiger partial charge in [0.25, 0.3) is 0 Å². The van der Waals surface area contributed by atoms with Gasteiger partial charge in [0.15, 0.2) is 0 Å². The summed E-state index contributed by atoms with van der Waals surface area (Å²) in [5.74, 6) is 0.371. The fourth-order valence-electron chi connectivity index (χ4n) is 3.13. The molecule has 29 heavy (non-hydrogen) atoms. The second-order valence-corrected chi connectivity index (χ2v) is 6.75. The Morgan fingerprint density at radius 3 is 2.55 bits per heavy atom. The molecule has 0 aliphatic carbocycles. The standard InChI is InChI=1S/C19H24N6O4/c1-4-29-19(26)24-9-7-23(8-10-24)18-16(25(27)28)17(20-12-21-18)22-15-6-5-13(2)14(3)11-15/h5-6,11-12H,4,7-10H2,1-3H3,(H,20,21,22). The van der Waals surface area contributed by atoms with Gasteiger partial charge in [-0.15, -0.1) is 0 Å². The molecule has 2 heterocycles. The number of piperazine rings is 1. The lowest BCUT2D eigenvalue weighted by Gasteiger charge is -2.34. The minimum Gasteiger partial charge on any atom is -0.450 e. The zero-order valence-electron chi connectivity index (χ0n) is 16.7. The third-order valence-electron chi connectivity index (χ3n) is 4.86. The number of anilines is 3. The zero-order valence-corrected chi connectivity index (χ0v) is 16.7. The fraction of sp³-hybridized carbons (Fsp3) is 0.421. The highest BCUT2D eigenvalue weighted by molar-refractivity contribution is 5.75. The van der Waals surface area contributed by atoms with Crippen LogP contribution in [0, 0.1) is 24.0 Å². The molecule has 1 aromatic carbocycles. The first-order chi connectivity index (χ1) is 13.9. The molecule has 154 valence electrons. The molecule has 2 aromatic rings. The van der Waals surface area contributed by atoms with E-state index in [9.17, 15) is 14.9 Å². The molecule has 1 amide bonds. The Bertz CT molecular complexity index is 912. The number of benzene rings is 1. The predicted molar refractivity (Wildman–Crippen MR) is 109 cm³/mol. The molecule has 0 radical (unpaired) electrons. The van der Waals surface area contributed by atoms with Crippen molar-refractivity contribution in [2.75, 3.05) is 43.0 Å². The maximum Gasteiger partial charge on any atom is 0.409 e. The van der Waals surface area contributed by atoms with Crippen LogP contribution < -0.4 is 10.2 Å². The van der Waals surface area contributed by atoms with Gasteiger partial charge in [-0.1, -0.05) is 6.07 Å². The molecule has 10 nitrogen and oxygen atoms in total. The summed E-state index contributed by atoms with van der Waals surface area (Å²) in [5, 5.41) is 14.9. The van der Waals surface area contributed by atoms with Gasteiger partial charge in [0.1, 0.15) is 6.33 Å². The number of carbonyl (C=O) groups excluding carboxylic acids is 1. The van der Waals surface area contributed by atoms with Gasteiger partial charge in [-0.2, -0.15) is 0 Å². The summed E-state index contributed by atoms with van der Waals surface area (Å²) in [6.45, 7) is 7.68. The SMILES string of the molecule is CCOC(=O)N1CCN(c2ncnc(Nc3ccc(C)c(C)c3)c2[N+](=O)[O-])CC1. The van der Waals surface area contributed by atoms with Crippen molar-refractivity contribution in [1.29, 1.82) is 0 Å². The van der Waals surface area contributed by atoms with Gasteiger partial charge in [-0.3, -0.25) is 10.1 Å². The first kappa shape index (κ1) is 20.3. The van der Waals surface area contributed by atoms with Crippen LogP contribution in [0.15, 0.2) is 24.5 Å². The van der Waals surface area contributed by atoms with E-state index in [0.717, 1.165) is 11.1 Å². The normalized spacial score (nSPS) is 13.9. The van der Waals surface area contributed by atoms with Crippen molar-refractivity contribution >= 4 is 29.1 Å². The molecule has 0 atom stereocenters. The highest BCUT2D eigenvalue weighted by atomic mass is 16.6. The van der Waals surface area contributed by atoms with Gasteiger partial charge >= 0.3 is 11.8 Å². The van der Waals surface area contributed by atoms with Gasteiger partial charge < -0.3 is 19.9 Å². The molecule has 3 rings (SSSR count). The summed E-state index contributed by atoms with van der Waals surface area (Å²) >= 11 is 0. The maximum atomic E-state index is 11.9. The molecular weight excluding hydrogens is 376 g/mol. The summed E-state index contributed by atoms with van der Waals surface area (Å²) in [7, 11) is 0. The Morgan fingerprint density at radius 1 is 1.21 bits per heavy atom. The molecule has 0 unspecified atom stereocenters. The second kappa shape index (κ2) is 8.72. The number of ether oxygens (including phenoxy) is 1. The van der Waals surface area contributed by atoms with E-state index in [-0.39, 0.29) is 23.4 Å². The molecule has 1 aliphatic heterocycles. The monoisotopic (exact) mass is 400 g/mol. The van der Waals surface area contributed by atoms with Gasteiger partial charge in [0.2, 0.25) is 11.6 Å². The van der Waals surface area contributed by atoms with Gasteiger partial charge in [-0.25, -0.2) is 14.8 Å². The molecule has 0 spiro atoms. The number of rotatable bonds is 5. The van der Waals surface area contributed by atoms with E-state index < -0.39 is 4.92 Å². The van der Waals surface area contributed by atoms with E-state index in [2.05, 4.69) is 15.3 Å². The van der Waals surface area contributed by atoms with Crippen molar-refractivity contribution in [1.82, 2.24) is 14.9 Å². The zero-order chi connectivity index (χ0) is 21.0. The first-order valence-electron chi connectivity index (χ1n) is 9.41. The average Bonchev–Trinajstić information content (AvgIpc) is 2.71. The van der Waals surface area contributed by atoms with E-state index in [0.29, 0.717) is 38.5 Å². The van der Waals surface area contributed by atoms with E-state index in [1.165, 1.54) is 6.33 Å². The molecular formula is C19H24N6O4. The van der Waals surface area contributed by atoms with Gasteiger partial charge in [0.05, 0.1) is 11.5 Å². The van der Waals surface area contributed by atoms with Crippen LogP contribution >= 0.6 is 0 Å². The highest BCUT2D eigenvalue weighted by Crippen LogP contribution is 2.34. The number of carbonyl (C=O) groups is 1. The van der Waals surface area contributed by atoms with E-state index >= 15 is 0 Å². The minimum absolute atomic E-state index is 0.135. The summed E-state index contributed by atoms with van der Waals surface area (Å²) in [5.41, 5.74) is 2.73. The highest BCUT2D eigenvalue weighted by Gasteiger charge is 2.30. The Kier molecular flexibility index (Phi) is 6.10. The fourth-order valence-corrected chi connectivity index (χ4v) is 3.13. The number of aryl methyl sites for hydroxylation is 2. The third-order valence-corrected chi connectivity index (χ3v) is 4.86. The van der Waals surface area contributed by atoms with Crippen LogP contribution in [-0.4, -0.2) is 58.7 Å². The van der Waals surface area contributed by atoms with Crippen molar-refractivity contribution < 1.29 is 14.5 Å². The summed E-state index contributed by atoms with van der Waals surface area (Å²) in [6, 6.07) is 5.71. The minimum atomic E-state index is -0.476. The molecule has 1 aromatic heterocycles. The maximum absolute atomic E-state index is 11.9. The smallest absolute Gasteiger partial charge is 0.409 e. The van der Waals surface area contributed by atoms with Crippen LogP contribution in [0.5, 0.6) is 0 Å². The molecule has 1 aliphatic rings. The Morgan fingerprint density at radius 2 is 1.93 bits per heavy atom. The lowest BCUT2D eigenvalue weighted by Crippen LogP contribution is -2.49. The number of nitrogens with one attached hydrogen (secondary N) is 1. The van der Waals surface area contributed by atoms with Crippen molar-refractivity contribution in [3.05, 3.63) is 45.8 Å². The van der Waals surface area contributed by atoms with Crippen LogP contribution in [0.1, 0.15) is 18.1 Å². The van der Waals surface area contributed by atoms with Gasteiger partial charge in [-0.05, 0) is 44.0 Å². The Balaban J connectivity index is 1.83. The largest absolute Gasteiger partial charge is 0.450 e. The lowest BCUT2D eigenvalue weighted by molar-refractivity contribution is -0.383. The van der Waals surface area contributed by atoms with Crippen molar-refractivity contribution in [3.63, 3.8) is 0 Å². The number of hydrogen-bond acceptors (Lipinski definition) is 8. The first-order valence-corrected chi connectivity index (χ1v) is 9.41. The third kappa shape index (κ3) is 4.53. The summed E-state index contributed by atoms with van der Waals surface area (Å²) < 4.78 is 5.01. The lowest BCUT2D eigenvalue weighted by atomic mass is 10.1. The van der Waals surface area contributed by atoms with Crippen molar-refractivity contribution in [2.24, 2.45) is 0 Å². The molecule has 1 saturated heterocycles. The van der Waals surface area contributed by atoms with E-state index in [4.69, 9.17) is 4.74 Å². The number of nitro groups is 1. The van der Waals surface area contributed by atoms with E-state index in [1.54, 1.807) is 16.7 Å². The summed E-state index contributed by atoms with van der Waals surface area (Å²) in [4.78, 5) is 34.9. The van der Waals surface area contributed by atoms with Crippen molar-refractivity contribution in [2.45, 2.75) is 20.8 Å². The second-order valence-electron chi connectivity index (χ2n) is 6.75. The van der Waals surface area contributed by atoms with Crippen LogP contribution in [0.2, 0.25) is 0 Å². The predicted octanol–water partition coefficient (Wildman–Crippen LogP) is 3.02. The van der Waals surface area contributed by atoms with Gasteiger partial charge in [0, 0.05) is 31.9 Å². The summed E-state index contributed by atoms with van der Waals surface area (Å²) in [6.07, 6.45) is 0.935. The van der Waals surface area contributed by atoms with E-state index in [1.807, 2.05) is 32.0 Å².